The molecule has 1 unspecified atom stereocenters. The van der Waals surface area contributed by atoms with Crippen LogP contribution in [0.4, 0.5) is 22.0 Å². The van der Waals surface area contributed by atoms with E-state index in [4.69, 9.17) is 4.74 Å². The molecule has 0 aliphatic heterocycles. The van der Waals surface area contributed by atoms with Gasteiger partial charge in [0.2, 0.25) is 0 Å². The predicted molar refractivity (Wildman–Crippen MR) is 123 cm³/mol. The van der Waals surface area contributed by atoms with Crippen LogP contribution in [-0.2, 0) is 6.61 Å². The molecule has 186 valence electrons. The summed E-state index contributed by atoms with van der Waals surface area (Å²) in [7, 11) is 0. The first-order valence-corrected chi connectivity index (χ1v) is 11.7. The zero-order chi connectivity index (χ0) is 25.3. The fourth-order valence-electron chi connectivity index (χ4n) is 4.82. The lowest BCUT2D eigenvalue weighted by molar-refractivity contribution is 0.192. The predicted octanol–water partition coefficient (Wildman–Crippen LogP) is 7.76. The van der Waals surface area contributed by atoms with Gasteiger partial charge in [-0.1, -0.05) is 30.3 Å². The van der Waals surface area contributed by atoms with E-state index in [1.165, 1.54) is 44.2 Å². The minimum atomic E-state index is -1.10. The molecular formula is C28H27F5O2. The molecule has 35 heavy (non-hydrogen) atoms. The van der Waals surface area contributed by atoms with Gasteiger partial charge < -0.3 is 9.84 Å². The van der Waals surface area contributed by atoms with Crippen LogP contribution in [0.15, 0.2) is 42.5 Å². The van der Waals surface area contributed by atoms with Gasteiger partial charge in [-0.15, -0.1) is 0 Å². The van der Waals surface area contributed by atoms with E-state index >= 15 is 0 Å². The lowest BCUT2D eigenvalue weighted by Gasteiger charge is -2.30. The van der Waals surface area contributed by atoms with Crippen molar-refractivity contribution in [1.29, 1.82) is 0 Å². The molecule has 1 N–H and O–H groups in total. The summed E-state index contributed by atoms with van der Waals surface area (Å²) in [4.78, 5) is 0. The Morgan fingerprint density at radius 2 is 1.43 bits per heavy atom. The maximum absolute atomic E-state index is 14.9. The summed E-state index contributed by atoms with van der Waals surface area (Å²) in [5.41, 5.74) is 0.968. The number of aliphatic hydroxyl groups is 1. The summed E-state index contributed by atoms with van der Waals surface area (Å²) >= 11 is 0. The molecule has 0 spiro atoms. The molecule has 1 fully saturated rings. The number of aryl methyl sites for hydroxylation is 1. The fourth-order valence-corrected chi connectivity index (χ4v) is 4.82. The number of aliphatic hydroxyl groups excluding tert-OH is 1. The number of benzene rings is 3. The average molecular weight is 491 g/mol. The van der Waals surface area contributed by atoms with E-state index in [2.05, 4.69) is 0 Å². The van der Waals surface area contributed by atoms with Crippen molar-refractivity contribution in [3.8, 4) is 5.75 Å². The highest BCUT2D eigenvalue weighted by atomic mass is 19.2. The molecule has 0 aromatic heterocycles. The minimum absolute atomic E-state index is 0.0426. The summed E-state index contributed by atoms with van der Waals surface area (Å²) in [6.45, 7) is 2.61. The van der Waals surface area contributed by atoms with Crippen LogP contribution in [0.3, 0.4) is 0 Å². The smallest absolute Gasteiger partial charge is 0.165 e. The molecule has 0 amide bonds. The Bertz CT molecular complexity index is 1220. The average Bonchev–Trinajstić information content (AvgIpc) is 2.84. The van der Waals surface area contributed by atoms with Gasteiger partial charge in [0.25, 0.3) is 0 Å². The van der Waals surface area contributed by atoms with Gasteiger partial charge in [0, 0.05) is 17.2 Å². The highest BCUT2D eigenvalue weighted by Crippen LogP contribution is 2.43. The van der Waals surface area contributed by atoms with Crippen LogP contribution < -0.4 is 4.74 Å². The zero-order valence-electron chi connectivity index (χ0n) is 19.6. The van der Waals surface area contributed by atoms with Gasteiger partial charge in [0.15, 0.2) is 23.3 Å². The maximum Gasteiger partial charge on any atom is 0.165 e. The van der Waals surface area contributed by atoms with Crippen molar-refractivity contribution in [1.82, 2.24) is 0 Å². The van der Waals surface area contributed by atoms with Crippen LogP contribution in [-0.4, -0.2) is 5.11 Å². The van der Waals surface area contributed by atoms with Gasteiger partial charge in [0.05, 0.1) is 6.10 Å². The lowest BCUT2D eigenvalue weighted by atomic mass is 9.75. The van der Waals surface area contributed by atoms with Gasteiger partial charge in [-0.25, -0.2) is 22.0 Å². The largest absolute Gasteiger partial charge is 0.489 e. The van der Waals surface area contributed by atoms with Crippen molar-refractivity contribution in [2.45, 2.75) is 64.1 Å². The number of hydrogen-bond donors (Lipinski definition) is 1. The van der Waals surface area contributed by atoms with Gasteiger partial charge in [0.1, 0.15) is 18.2 Å². The molecule has 3 aromatic carbocycles. The monoisotopic (exact) mass is 490 g/mol. The van der Waals surface area contributed by atoms with Crippen LogP contribution in [0.2, 0.25) is 0 Å². The Kier molecular flexibility index (Phi) is 7.45. The second-order valence-electron chi connectivity index (χ2n) is 9.24. The van der Waals surface area contributed by atoms with Crippen molar-refractivity contribution >= 4 is 0 Å². The molecule has 3 aromatic rings. The summed E-state index contributed by atoms with van der Waals surface area (Å²) in [5, 5.41) is 9.58. The van der Waals surface area contributed by atoms with E-state index in [-0.39, 0.29) is 46.4 Å². The van der Waals surface area contributed by atoms with Crippen LogP contribution in [0, 0.1) is 36.0 Å². The first-order valence-electron chi connectivity index (χ1n) is 11.7. The summed E-state index contributed by atoms with van der Waals surface area (Å²) in [6.07, 6.45) is 1.26. The minimum Gasteiger partial charge on any atom is -0.489 e. The molecule has 1 aliphatic carbocycles. The van der Waals surface area contributed by atoms with Crippen molar-refractivity contribution in [2.75, 3.05) is 0 Å². The molecule has 1 atom stereocenters. The number of hydrogen-bond acceptors (Lipinski definition) is 2. The van der Waals surface area contributed by atoms with Crippen LogP contribution in [0.1, 0.15) is 78.4 Å². The quantitative estimate of drug-likeness (QED) is 0.358. The van der Waals surface area contributed by atoms with Crippen molar-refractivity contribution < 1.29 is 31.8 Å². The third-order valence-electron chi connectivity index (χ3n) is 6.92. The van der Waals surface area contributed by atoms with Crippen LogP contribution in [0.25, 0.3) is 0 Å². The fraction of sp³-hybridized carbons (Fsp3) is 0.357. The number of halogens is 5. The topological polar surface area (TPSA) is 29.5 Å². The van der Waals surface area contributed by atoms with Crippen molar-refractivity contribution in [3.05, 3.63) is 99.4 Å². The molecule has 0 radical (unpaired) electrons. The molecule has 1 saturated carbocycles. The maximum atomic E-state index is 14.9. The standard InChI is InChI=1S/C28H27F5O2/c1-15-3-4-19(26(31)25(15)30)14-35-20-9-10-22(24(29)13-20)17-5-7-18(8-6-17)23-12-11-21(16(2)34)27(32)28(23)33/h3-4,9-13,16-18,34H,5-8,14H2,1-2H3. The van der Waals surface area contributed by atoms with Crippen LogP contribution >= 0.6 is 0 Å². The Morgan fingerprint density at radius 1 is 0.800 bits per heavy atom. The van der Waals surface area contributed by atoms with E-state index in [1.54, 1.807) is 12.1 Å². The van der Waals surface area contributed by atoms with Gasteiger partial charge in [-0.05, 0) is 74.1 Å². The molecule has 2 nitrogen and oxygen atoms in total. The number of rotatable bonds is 6. The molecule has 0 heterocycles. The van der Waals surface area contributed by atoms with E-state index in [1.807, 2.05) is 0 Å². The lowest BCUT2D eigenvalue weighted by Crippen LogP contribution is -2.15. The number of ether oxygens (including phenoxy) is 1. The van der Waals surface area contributed by atoms with Crippen molar-refractivity contribution in [3.63, 3.8) is 0 Å². The van der Waals surface area contributed by atoms with E-state index in [0.717, 1.165) is 0 Å². The molecular weight excluding hydrogens is 463 g/mol. The SMILES string of the molecule is Cc1ccc(COc2ccc(C3CCC(c4ccc(C(C)O)c(F)c4F)CC3)c(F)c2)c(F)c1F. The molecule has 0 saturated heterocycles. The second kappa shape index (κ2) is 10.4. The Morgan fingerprint density at radius 3 is 2.06 bits per heavy atom. The Balaban J connectivity index is 1.40. The molecule has 7 heteroatoms. The van der Waals surface area contributed by atoms with E-state index < -0.39 is 35.2 Å². The third kappa shape index (κ3) is 5.20. The van der Waals surface area contributed by atoms with Gasteiger partial charge in [-0.3, -0.25) is 0 Å². The highest BCUT2D eigenvalue weighted by Gasteiger charge is 2.29. The molecule has 1 aliphatic rings. The summed E-state index contributed by atoms with van der Waals surface area (Å²) < 4.78 is 77.0. The van der Waals surface area contributed by atoms with Gasteiger partial charge >= 0.3 is 0 Å². The first-order chi connectivity index (χ1) is 16.7. The second-order valence-corrected chi connectivity index (χ2v) is 9.24. The van der Waals surface area contributed by atoms with Crippen molar-refractivity contribution in [2.24, 2.45) is 0 Å². The van der Waals surface area contributed by atoms with Crippen LogP contribution in [0.5, 0.6) is 5.75 Å². The Hall–Kier alpha value is -2.93. The van der Waals surface area contributed by atoms with Gasteiger partial charge in [-0.2, -0.15) is 0 Å². The summed E-state index contributed by atoms with van der Waals surface area (Å²) in [6, 6.07) is 10.3. The Labute approximate surface area is 201 Å². The normalized spacial score (nSPS) is 19.0. The zero-order valence-corrected chi connectivity index (χ0v) is 19.6. The van der Waals surface area contributed by atoms with E-state index in [0.29, 0.717) is 31.2 Å². The highest BCUT2D eigenvalue weighted by molar-refractivity contribution is 5.34. The molecule has 0 bridgehead atoms. The molecule has 4 rings (SSSR count). The van der Waals surface area contributed by atoms with E-state index in [9.17, 15) is 27.1 Å². The summed E-state index contributed by atoms with van der Waals surface area (Å²) in [5.74, 6) is -4.36. The third-order valence-corrected chi connectivity index (χ3v) is 6.92. The first kappa shape index (κ1) is 25.2.